The molecule has 2 fully saturated rings. The molecule has 0 saturated carbocycles. The maximum absolute atomic E-state index is 5.64. The Hall–Kier alpha value is -3.44. The van der Waals surface area contributed by atoms with Crippen molar-refractivity contribution in [1.29, 1.82) is 0 Å². The fourth-order valence-electron chi connectivity index (χ4n) is 5.39. The number of thiophene rings is 1. The normalized spacial score (nSPS) is 17.5. The van der Waals surface area contributed by atoms with Gasteiger partial charge >= 0.3 is 0 Å². The van der Waals surface area contributed by atoms with Crippen LogP contribution in [0.15, 0.2) is 55.0 Å². The van der Waals surface area contributed by atoms with Crippen LogP contribution in [0.2, 0.25) is 0 Å². The van der Waals surface area contributed by atoms with Crippen LogP contribution in [0, 0.1) is 0 Å². The number of pyridine rings is 1. The molecule has 0 bridgehead atoms. The van der Waals surface area contributed by atoms with Crippen LogP contribution in [0.3, 0.4) is 0 Å². The summed E-state index contributed by atoms with van der Waals surface area (Å²) in [4.78, 5) is 23.2. The molecule has 7 rings (SSSR count). The zero-order chi connectivity index (χ0) is 25.3. The molecule has 38 heavy (non-hydrogen) atoms. The Bertz CT molecular complexity index is 1540. The van der Waals surface area contributed by atoms with Crippen molar-refractivity contribution in [2.45, 2.75) is 13.1 Å². The van der Waals surface area contributed by atoms with Crippen LogP contribution in [0.1, 0.15) is 10.4 Å². The summed E-state index contributed by atoms with van der Waals surface area (Å²) in [6, 6.07) is 12.6. The second kappa shape index (κ2) is 10.4. The minimum absolute atomic E-state index is 0.722. The number of anilines is 1. The van der Waals surface area contributed by atoms with E-state index in [2.05, 4.69) is 48.1 Å². The monoisotopic (exact) mass is 526 g/mol. The molecule has 5 aromatic rings. The van der Waals surface area contributed by atoms with Crippen LogP contribution < -0.4 is 4.90 Å². The van der Waals surface area contributed by atoms with Gasteiger partial charge in [-0.3, -0.25) is 19.9 Å². The Morgan fingerprint density at radius 2 is 1.74 bits per heavy atom. The average molecular weight is 527 g/mol. The van der Waals surface area contributed by atoms with E-state index in [0.717, 1.165) is 99.2 Å². The maximum Gasteiger partial charge on any atom is 0.162 e. The first-order valence-corrected chi connectivity index (χ1v) is 14.0. The van der Waals surface area contributed by atoms with Gasteiger partial charge in [-0.1, -0.05) is 18.2 Å². The van der Waals surface area contributed by atoms with Gasteiger partial charge in [0.2, 0.25) is 0 Å². The number of hydrogen-bond donors (Lipinski definition) is 1. The number of hydrogen-bond acceptors (Lipinski definition) is 9. The minimum Gasteiger partial charge on any atom is -0.378 e. The fourth-order valence-corrected chi connectivity index (χ4v) is 6.55. The van der Waals surface area contributed by atoms with Gasteiger partial charge in [0.05, 0.1) is 35.1 Å². The van der Waals surface area contributed by atoms with E-state index in [1.165, 1.54) is 15.1 Å². The predicted molar refractivity (Wildman–Crippen MR) is 150 cm³/mol. The summed E-state index contributed by atoms with van der Waals surface area (Å²) in [5.41, 5.74) is 4.30. The highest BCUT2D eigenvalue weighted by Crippen LogP contribution is 2.36. The van der Waals surface area contributed by atoms with E-state index in [4.69, 9.17) is 14.7 Å². The third-order valence-electron chi connectivity index (χ3n) is 7.41. The number of morpholine rings is 1. The van der Waals surface area contributed by atoms with Crippen LogP contribution in [-0.4, -0.2) is 87.4 Å². The van der Waals surface area contributed by atoms with Crippen molar-refractivity contribution < 1.29 is 4.74 Å². The van der Waals surface area contributed by atoms with Gasteiger partial charge in [0.25, 0.3) is 0 Å². The standard InChI is InChI=1S/C28H30N8OS/c1-4-22(23-17-30-33-24(23)5-1)27-31-25-15-21(38-26(25)28(32-27)36-11-13-37-14-12-36)19-35-9-7-34(8-10-35)18-20-3-2-6-29-16-20/h1-6,15-17H,7-14,18-19H2,(H,30,33). The van der Waals surface area contributed by atoms with Crippen molar-refractivity contribution in [2.75, 3.05) is 57.4 Å². The van der Waals surface area contributed by atoms with Crippen LogP contribution in [0.5, 0.6) is 0 Å². The molecular weight excluding hydrogens is 496 g/mol. The smallest absolute Gasteiger partial charge is 0.162 e. The molecule has 0 atom stereocenters. The Labute approximate surface area is 225 Å². The molecular formula is C28H30N8OS. The Morgan fingerprint density at radius 1 is 0.895 bits per heavy atom. The topological polar surface area (TPSA) is 86.3 Å². The van der Waals surface area contributed by atoms with Crippen molar-refractivity contribution >= 4 is 38.3 Å². The lowest BCUT2D eigenvalue weighted by atomic mass is 10.1. The maximum atomic E-state index is 5.64. The van der Waals surface area contributed by atoms with E-state index in [1.807, 2.05) is 48.1 Å². The van der Waals surface area contributed by atoms with E-state index in [9.17, 15) is 0 Å². The second-order valence-corrected chi connectivity index (χ2v) is 11.1. The van der Waals surface area contributed by atoms with E-state index < -0.39 is 0 Å². The molecule has 2 saturated heterocycles. The first-order chi connectivity index (χ1) is 18.8. The summed E-state index contributed by atoms with van der Waals surface area (Å²) >= 11 is 1.83. The summed E-state index contributed by atoms with van der Waals surface area (Å²) in [5, 5.41) is 8.35. The summed E-state index contributed by atoms with van der Waals surface area (Å²) in [6.07, 6.45) is 5.67. The molecule has 0 spiro atoms. The summed E-state index contributed by atoms with van der Waals surface area (Å²) in [6.45, 7) is 9.29. The van der Waals surface area contributed by atoms with Crippen molar-refractivity contribution in [3.8, 4) is 11.4 Å². The summed E-state index contributed by atoms with van der Waals surface area (Å²) < 4.78 is 6.81. The highest BCUT2D eigenvalue weighted by Gasteiger charge is 2.23. The number of piperazine rings is 1. The molecule has 1 aromatic carbocycles. The van der Waals surface area contributed by atoms with Gasteiger partial charge in [-0.2, -0.15) is 5.10 Å². The highest BCUT2D eigenvalue weighted by atomic mass is 32.1. The quantitative estimate of drug-likeness (QED) is 0.358. The number of aromatic nitrogens is 5. The molecule has 6 heterocycles. The molecule has 0 amide bonds. The lowest BCUT2D eigenvalue weighted by Gasteiger charge is -2.34. The van der Waals surface area contributed by atoms with Crippen LogP contribution in [-0.2, 0) is 17.8 Å². The number of benzene rings is 1. The number of fused-ring (bicyclic) bond motifs is 2. The lowest BCUT2D eigenvalue weighted by Crippen LogP contribution is -2.45. The molecule has 2 aliphatic heterocycles. The average Bonchev–Trinajstić information content (AvgIpc) is 3.61. The summed E-state index contributed by atoms with van der Waals surface area (Å²) in [5.74, 6) is 1.77. The number of aromatic amines is 1. The van der Waals surface area contributed by atoms with Gasteiger partial charge in [-0.15, -0.1) is 11.3 Å². The third kappa shape index (κ3) is 4.76. The molecule has 2 aliphatic rings. The second-order valence-electron chi connectivity index (χ2n) is 9.95. The SMILES string of the molecule is c1cncc(CN2CCN(Cc3cc4nc(-c5cccc6[nH]ncc56)nc(N5CCOCC5)c4s3)CC2)c1. The summed E-state index contributed by atoms with van der Waals surface area (Å²) in [7, 11) is 0. The highest BCUT2D eigenvalue weighted by molar-refractivity contribution is 7.19. The van der Waals surface area contributed by atoms with Crippen LogP contribution >= 0.6 is 11.3 Å². The predicted octanol–water partition coefficient (Wildman–Crippen LogP) is 3.78. The number of H-pyrrole nitrogens is 1. The number of rotatable bonds is 6. The molecule has 0 radical (unpaired) electrons. The molecule has 194 valence electrons. The van der Waals surface area contributed by atoms with Gasteiger partial charge in [-0.25, -0.2) is 9.97 Å². The van der Waals surface area contributed by atoms with E-state index >= 15 is 0 Å². The van der Waals surface area contributed by atoms with Crippen molar-refractivity contribution in [2.24, 2.45) is 0 Å². The van der Waals surface area contributed by atoms with E-state index in [-0.39, 0.29) is 0 Å². The molecule has 10 heteroatoms. The Morgan fingerprint density at radius 3 is 2.55 bits per heavy atom. The van der Waals surface area contributed by atoms with E-state index in [1.54, 1.807) is 0 Å². The fraction of sp³-hybridized carbons (Fsp3) is 0.357. The van der Waals surface area contributed by atoms with Crippen molar-refractivity contribution in [3.63, 3.8) is 0 Å². The van der Waals surface area contributed by atoms with Gasteiger partial charge in [0.15, 0.2) is 11.6 Å². The third-order valence-corrected chi connectivity index (χ3v) is 8.52. The first kappa shape index (κ1) is 23.7. The Balaban J connectivity index is 1.15. The zero-order valence-electron chi connectivity index (χ0n) is 21.2. The van der Waals surface area contributed by atoms with Crippen LogP contribution in [0.4, 0.5) is 5.82 Å². The Kier molecular flexibility index (Phi) is 6.46. The molecule has 9 nitrogen and oxygen atoms in total. The van der Waals surface area contributed by atoms with Crippen LogP contribution in [0.25, 0.3) is 32.5 Å². The molecule has 4 aromatic heterocycles. The van der Waals surface area contributed by atoms with Crippen molar-refractivity contribution in [3.05, 3.63) is 65.4 Å². The van der Waals surface area contributed by atoms with E-state index in [0.29, 0.717) is 0 Å². The zero-order valence-corrected chi connectivity index (χ0v) is 22.0. The van der Waals surface area contributed by atoms with Gasteiger partial charge < -0.3 is 9.64 Å². The number of ether oxygens (including phenoxy) is 1. The minimum atomic E-state index is 0.722. The number of nitrogens with zero attached hydrogens (tertiary/aromatic N) is 7. The van der Waals surface area contributed by atoms with Gasteiger partial charge in [0, 0.05) is 80.6 Å². The van der Waals surface area contributed by atoms with Crippen molar-refractivity contribution in [1.82, 2.24) is 34.9 Å². The number of nitrogens with one attached hydrogen (secondary N) is 1. The largest absolute Gasteiger partial charge is 0.378 e. The molecule has 0 aliphatic carbocycles. The van der Waals surface area contributed by atoms with Gasteiger partial charge in [-0.05, 0) is 23.8 Å². The van der Waals surface area contributed by atoms with Gasteiger partial charge in [0.1, 0.15) is 0 Å². The molecule has 1 N–H and O–H groups in total. The first-order valence-electron chi connectivity index (χ1n) is 13.2. The lowest BCUT2D eigenvalue weighted by molar-refractivity contribution is 0.122. The molecule has 0 unspecified atom stereocenters.